The second-order valence-corrected chi connectivity index (χ2v) is 6.79. The minimum atomic E-state index is -0.723. The molecule has 2 rings (SSSR count). The second kappa shape index (κ2) is 7.66. The lowest BCUT2D eigenvalue weighted by Crippen LogP contribution is -2.47. The molecule has 1 unspecified atom stereocenters. The van der Waals surface area contributed by atoms with Crippen LogP contribution in [0.1, 0.15) is 32.4 Å². The van der Waals surface area contributed by atoms with E-state index in [-0.39, 0.29) is 18.1 Å². The van der Waals surface area contributed by atoms with Gasteiger partial charge < -0.3 is 25.4 Å². The van der Waals surface area contributed by atoms with Crippen LogP contribution < -0.4 is 15.5 Å². The number of carbonyl (C=O) groups is 1. The lowest BCUT2D eigenvalue weighted by molar-refractivity contribution is 0.122. The van der Waals surface area contributed by atoms with E-state index in [1.165, 1.54) is 0 Å². The number of aliphatic hydroxyl groups excluding tert-OH is 1. The van der Waals surface area contributed by atoms with Gasteiger partial charge in [-0.2, -0.15) is 0 Å². The van der Waals surface area contributed by atoms with Crippen molar-refractivity contribution in [3.63, 3.8) is 0 Å². The summed E-state index contributed by atoms with van der Waals surface area (Å²) in [7, 11) is 0. The van der Waals surface area contributed by atoms with Crippen molar-refractivity contribution in [3.05, 3.63) is 29.8 Å². The predicted molar refractivity (Wildman–Crippen MR) is 90.7 cm³/mol. The minimum absolute atomic E-state index is 0.179. The molecule has 1 aromatic carbocycles. The van der Waals surface area contributed by atoms with Gasteiger partial charge in [-0.25, -0.2) is 4.79 Å². The van der Waals surface area contributed by atoms with E-state index < -0.39 is 6.10 Å². The van der Waals surface area contributed by atoms with E-state index in [1.807, 2.05) is 45.0 Å². The molecule has 3 N–H and O–H groups in total. The van der Waals surface area contributed by atoms with Crippen molar-refractivity contribution >= 4 is 11.7 Å². The van der Waals surface area contributed by atoms with Gasteiger partial charge in [0.15, 0.2) is 0 Å². The minimum Gasteiger partial charge on any atom is -0.387 e. The van der Waals surface area contributed by atoms with Gasteiger partial charge in [-0.15, -0.1) is 0 Å². The van der Waals surface area contributed by atoms with Crippen LogP contribution in [0.5, 0.6) is 0 Å². The Labute approximate surface area is 137 Å². The number of anilines is 1. The normalized spacial score (nSPS) is 16.8. The molecule has 23 heavy (non-hydrogen) atoms. The van der Waals surface area contributed by atoms with Gasteiger partial charge in [-0.05, 0) is 38.5 Å². The molecule has 0 bridgehead atoms. The maximum Gasteiger partial charge on any atom is 0.315 e. The summed E-state index contributed by atoms with van der Waals surface area (Å²) in [5.41, 5.74) is 1.62. The van der Waals surface area contributed by atoms with E-state index in [2.05, 4.69) is 15.5 Å². The average molecular weight is 321 g/mol. The molecule has 0 radical (unpaired) electrons. The van der Waals surface area contributed by atoms with Crippen LogP contribution in [-0.2, 0) is 4.74 Å². The van der Waals surface area contributed by atoms with Gasteiger partial charge in [0.05, 0.1) is 19.3 Å². The number of nitrogens with zero attached hydrogens (tertiary/aromatic N) is 1. The SMILES string of the molecule is CC(C)(C)NC(=O)NCC(O)c1ccc(N2CCOCC2)cc1. The number of amides is 2. The van der Waals surface area contributed by atoms with Crippen LogP contribution in [0, 0.1) is 0 Å². The number of urea groups is 1. The first kappa shape index (κ1) is 17.6. The van der Waals surface area contributed by atoms with Crippen LogP contribution in [-0.4, -0.2) is 49.5 Å². The molecular weight excluding hydrogens is 294 g/mol. The highest BCUT2D eigenvalue weighted by atomic mass is 16.5. The molecule has 6 heteroatoms. The highest BCUT2D eigenvalue weighted by molar-refractivity contribution is 5.74. The second-order valence-electron chi connectivity index (χ2n) is 6.79. The Hall–Kier alpha value is -1.79. The number of nitrogens with one attached hydrogen (secondary N) is 2. The maximum atomic E-state index is 11.7. The number of ether oxygens (including phenoxy) is 1. The van der Waals surface area contributed by atoms with Gasteiger partial charge in [0.2, 0.25) is 0 Å². The van der Waals surface area contributed by atoms with Gasteiger partial charge in [0.25, 0.3) is 0 Å². The lowest BCUT2D eigenvalue weighted by atomic mass is 10.1. The number of hydrogen-bond donors (Lipinski definition) is 3. The topological polar surface area (TPSA) is 73.8 Å². The zero-order valence-electron chi connectivity index (χ0n) is 14.1. The smallest absolute Gasteiger partial charge is 0.315 e. The van der Waals surface area contributed by atoms with Crippen molar-refractivity contribution in [1.82, 2.24) is 10.6 Å². The maximum absolute atomic E-state index is 11.7. The number of benzene rings is 1. The van der Waals surface area contributed by atoms with Crippen molar-refractivity contribution in [2.45, 2.75) is 32.4 Å². The Morgan fingerprint density at radius 2 is 1.87 bits per heavy atom. The molecule has 1 aromatic rings. The lowest BCUT2D eigenvalue weighted by Gasteiger charge is -2.29. The molecule has 1 aliphatic heterocycles. The summed E-state index contributed by atoms with van der Waals surface area (Å²) >= 11 is 0. The summed E-state index contributed by atoms with van der Waals surface area (Å²) in [6, 6.07) is 7.52. The largest absolute Gasteiger partial charge is 0.387 e. The number of aliphatic hydroxyl groups is 1. The highest BCUT2D eigenvalue weighted by Crippen LogP contribution is 2.20. The first-order valence-electron chi connectivity index (χ1n) is 8.02. The molecule has 1 saturated heterocycles. The fourth-order valence-corrected chi connectivity index (χ4v) is 2.42. The molecule has 0 saturated carbocycles. The van der Waals surface area contributed by atoms with Crippen LogP contribution >= 0.6 is 0 Å². The molecule has 2 amide bonds. The van der Waals surface area contributed by atoms with Crippen molar-refractivity contribution in [1.29, 1.82) is 0 Å². The number of morpholine rings is 1. The van der Waals surface area contributed by atoms with Gasteiger partial charge in [0, 0.05) is 30.9 Å². The van der Waals surface area contributed by atoms with Crippen LogP contribution in [0.25, 0.3) is 0 Å². The summed E-state index contributed by atoms with van der Waals surface area (Å²) < 4.78 is 5.34. The molecule has 1 atom stereocenters. The third-order valence-electron chi connectivity index (χ3n) is 3.60. The molecule has 0 aliphatic carbocycles. The molecule has 0 spiro atoms. The molecular formula is C17H27N3O3. The van der Waals surface area contributed by atoms with Gasteiger partial charge >= 0.3 is 6.03 Å². The van der Waals surface area contributed by atoms with E-state index in [4.69, 9.17) is 4.74 Å². The summed E-state index contributed by atoms with van der Waals surface area (Å²) in [5, 5.41) is 15.7. The van der Waals surface area contributed by atoms with E-state index in [1.54, 1.807) is 0 Å². The predicted octanol–water partition coefficient (Wildman–Crippen LogP) is 1.65. The number of carbonyl (C=O) groups excluding carboxylic acids is 1. The molecule has 1 aliphatic rings. The first-order chi connectivity index (χ1) is 10.8. The van der Waals surface area contributed by atoms with Crippen molar-refractivity contribution < 1.29 is 14.6 Å². The molecule has 128 valence electrons. The molecule has 6 nitrogen and oxygen atoms in total. The molecule has 0 aromatic heterocycles. The third kappa shape index (κ3) is 5.73. The Morgan fingerprint density at radius 1 is 1.26 bits per heavy atom. The standard InChI is InChI=1S/C17H27N3O3/c1-17(2,3)19-16(22)18-12-15(21)13-4-6-14(7-5-13)20-8-10-23-11-9-20/h4-7,15,21H,8-12H2,1-3H3,(H2,18,19,22). The first-order valence-corrected chi connectivity index (χ1v) is 8.02. The van der Waals surface area contributed by atoms with Crippen molar-refractivity contribution in [3.8, 4) is 0 Å². The molecule has 1 fully saturated rings. The summed E-state index contributed by atoms with van der Waals surface area (Å²) in [5.74, 6) is 0. The monoisotopic (exact) mass is 321 g/mol. The summed E-state index contributed by atoms with van der Waals surface area (Å²) in [6.07, 6.45) is -0.723. The van der Waals surface area contributed by atoms with Crippen LogP contribution in [0.4, 0.5) is 10.5 Å². The quantitative estimate of drug-likeness (QED) is 0.788. The van der Waals surface area contributed by atoms with Gasteiger partial charge in [-0.3, -0.25) is 0 Å². The van der Waals surface area contributed by atoms with Crippen LogP contribution in [0.15, 0.2) is 24.3 Å². The van der Waals surface area contributed by atoms with E-state index in [0.29, 0.717) is 0 Å². The van der Waals surface area contributed by atoms with E-state index in [9.17, 15) is 9.90 Å². The van der Waals surface area contributed by atoms with Gasteiger partial charge in [0.1, 0.15) is 0 Å². The zero-order chi connectivity index (χ0) is 16.9. The third-order valence-corrected chi connectivity index (χ3v) is 3.60. The number of rotatable bonds is 4. The van der Waals surface area contributed by atoms with Crippen molar-refractivity contribution in [2.24, 2.45) is 0 Å². The zero-order valence-corrected chi connectivity index (χ0v) is 14.1. The Balaban J connectivity index is 1.85. The number of hydrogen-bond acceptors (Lipinski definition) is 4. The van der Waals surface area contributed by atoms with Crippen molar-refractivity contribution in [2.75, 3.05) is 37.7 Å². The van der Waals surface area contributed by atoms with Gasteiger partial charge in [-0.1, -0.05) is 12.1 Å². The van der Waals surface area contributed by atoms with Crippen LogP contribution in [0.2, 0.25) is 0 Å². The fourth-order valence-electron chi connectivity index (χ4n) is 2.42. The Kier molecular flexibility index (Phi) is 5.85. The summed E-state index contributed by atoms with van der Waals surface area (Å²) in [4.78, 5) is 14.0. The summed E-state index contributed by atoms with van der Waals surface area (Å²) in [6.45, 7) is 9.17. The Morgan fingerprint density at radius 3 is 2.43 bits per heavy atom. The fraction of sp³-hybridized carbons (Fsp3) is 0.588. The Bertz CT molecular complexity index is 505. The van der Waals surface area contributed by atoms with Crippen LogP contribution in [0.3, 0.4) is 0 Å². The van der Waals surface area contributed by atoms with E-state index in [0.717, 1.165) is 37.6 Å². The average Bonchev–Trinajstić information content (AvgIpc) is 2.52. The highest BCUT2D eigenvalue weighted by Gasteiger charge is 2.16. The van der Waals surface area contributed by atoms with E-state index >= 15 is 0 Å². The molecule has 1 heterocycles.